The molecule has 2 N–H and O–H groups in total. The highest BCUT2D eigenvalue weighted by atomic mass is 19.1. The van der Waals surface area contributed by atoms with Gasteiger partial charge in [0.05, 0.1) is 24.7 Å². The van der Waals surface area contributed by atoms with E-state index in [1.165, 1.54) is 0 Å². The highest BCUT2D eigenvalue weighted by Crippen LogP contribution is 2.33. The van der Waals surface area contributed by atoms with Gasteiger partial charge in [0.15, 0.2) is 0 Å². The number of esters is 1. The molecule has 5 heteroatoms. The molecule has 0 fully saturated rings. The van der Waals surface area contributed by atoms with Crippen molar-refractivity contribution in [2.45, 2.75) is 40.2 Å². The van der Waals surface area contributed by atoms with Gasteiger partial charge in [0.25, 0.3) is 0 Å². The summed E-state index contributed by atoms with van der Waals surface area (Å²) in [4.78, 5) is 11.7. The van der Waals surface area contributed by atoms with Crippen LogP contribution < -0.4 is 5.73 Å². The van der Waals surface area contributed by atoms with Crippen LogP contribution in [0.3, 0.4) is 0 Å². The fraction of sp³-hybridized carbons (Fsp3) is 0.333. The van der Waals surface area contributed by atoms with E-state index in [0.29, 0.717) is 11.1 Å². The van der Waals surface area contributed by atoms with E-state index in [-0.39, 0.29) is 18.6 Å². The summed E-state index contributed by atoms with van der Waals surface area (Å²) in [5.74, 6) is -0.902. The monoisotopic (exact) mass is 354 g/mol. The molecule has 0 radical (unpaired) electrons. The molecule has 2 aromatic rings. The molecule has 2 rings (SSSR count). The lowest BCUT2D eigenvalue weighted by Gasteiger charge is -2.18. The van der Waals surface area contributed by atoms with Crippen molar-refractivity contribution in [1.82, 2.24) is 0 Å². The van der Waals surface area contributed by atoms with Gasteiger partial charge in [-0.15, -0.1) is 0 Å². The van der Waals surface area contributed by atoms with Crippen LogP contribution in [0.5, 0.6) is 0 Å². The van der Waals surface area contributed by atoms with Gasteiger partial charge in [0.1, 0.15) is 5.82 Å². The summed E-state index contributed by atoms with van der Waals surface area (Å²) in [6.45, 7) is 7.50. The summed E-state index contributed by atoms with van der Waals surface area (Å²) in [5.41, 5.74) is 10.7. The number of aryl methyl sites for hydroxylation is 2. The van der Waals surface area contributed by atoms with Gasteiger partial charge in [0.2, 0.25) is 0 Å². The standard InChI is InChI=1S/C21H23FN2O2/c1-5-26-19(25)10-18(24)17-9-16(8-13(3)21(17)22)20-14(4)12(2)6-7-15(20)11-23/h6-9,18H,5,10,24H2,1-4H3. The Morgan fingerprint density at radius 3 is 2.58 bits per heavy atom. The number of nitrogens with two attached hydrogens (primary N) is 1. The van der Waals surface area contributed by atoms with E-state index in [9.17, 15) is 14.4 Å². The zero-order valence-corrected chi connectivity index (χ0v) is 15.5. The Hall–Kier alpha value is -2.71. The van der Waals surface area contributed by atoms with Crippen LogP contribution in [0.25, 0.3) is 11.1 Å². The van der Waals surface area contributed by atoms with Crippen LogP contribution in [0.15, 0.2) is 24.3 Å². The molecule has 1 unspecified atom stereocenters. The first kappa shape index (κ1) is 19.6. The topological polar surface area (TPSA) is 76.1 Å². The van der Waals surface area contributed by atoms with Gasteiger partial charge < -0.3 is 10.5 Å². The van der Waals surface area contributed by atoms with Crippen LogP contribution in [-0.4, -0.2) is 12.6 Å². The molecule has 0 aliphatic rings. The summed E-state index contributed by atoms with van der Waals surface area (Å²) in [7, 11) is 0. The minimum absolute atomic E-state index is 0.106. The first-order valence-corrected chi connectivity index (χ1v) is 8.52. The molecule has 4 nitrogen and oxygen atoms in total. The maximum Gasteiger partial charge on any atom is 0.307 e. The van der Waals surface area contributed by atoms with Crippen molar-refractivity contribution < 1.29 is 13.9 Å². The number of nitrogens with zero attached hydrogens (tertiary/aromatic N) is 1. The molecule has 0 aliphatic heterocycles. The third-order valence-corrected chi connectivity index (χ3v) is 4.52. The molecule has 0 spiro atoms. The second-order valence-electron chi connectivity index (χ2n) is 6.35. The zero-order valence-electron chi connectivity index (χ0n) is 15.5. The number of ether oxygens (including phenoxy) is 1. The van der Waals surface area contributed by atoms with E-state index < -0.39 is 17.8 Å². The third kappa shape index (κ3) is 3.92. The van der Waals surface area contributed by atoms with Gasteiger partial charge >= 0.3 is 5.97 Å². The molecule has 2 aromatic carbocycles. The smallest absolute Gasteiger partial charge is 0.307 e. The Morgan fingerprint density at radius 1 is 1.27 bits per heavy atom. The Morgan fingerprint density at radius 2 is 1.96 bits per heavy atom. The van der Waals surface area contributed by atoms with E-state index in [0.717, 1.165) is 22.3 Å². The molecule has 0 aromatic heterocycles. The van der Waals surface area contributed by atoms with Crippen LogP contribution in [0.4, 0.5) is 4.39 Å². The quantitative estimate of drug-likeness (QED) is 0.815. The zero-order chi connectivity index (χ0) is 19.4. The summed E-state index contributed by atoms with van der Waals surface area (Å²) in [6.07, 6.45) is -0.106. The minimum atomic E-state index is -0.816. The van der Waals surface area contributed by atoms with Crippen LogP contribution in [-0.2, 0) is 9.53 Å². The largest absolute Gasteiger partial charge is 0.466 e. The number of halogens is 1. The van der Waals surface area contributed by atoms with E-state index in [1.54, 1.807) is 32.0 Å². The molecule has 0 saturated heterocycles. The third-order valence-electron chi connectivity index (χ3n) is 4.52. The summed E-state index contributed by atoms with van der Waals surface area (Å²) < 4.78 is 19.6. The van der Waals surface area contributed by atoms with E-state index in [1.807, 2.05) is 19.9 Å². The second kappa shape index (κ2) is 8.11. The van der Waals surface area contributed by atoms with Crippen LogP contribution in [0.1, 0.15) is 47.2 Å². The molecule has 0 aliphatic carbocycles. The average molecular weight is 354 g/mol. The van der Waals surface area contributed by atoms with Crippen molar-refractivity contribution in [3.8, 4) is 17.2 Å². The maximum absolute atomic E-state index is 14.6. The molecule has 1 atom stereocenters. The Balaban J connectivity index is 2.58. The first-order chi connectivity index (χ1) is 12.3. The van der Waals surface area contributed by atoms with Crippen molar-refractivity contribution in [1.29, 1.82) is 5.26 Å². The average Bonchev–Trinajstić information content (AvgIpc) is 2.59. The fourth-order valence-electron chi connectivity index (χ4n) is 3.00. The Bertz CT molecular complexity index is 885. The minimum Gasteiger partial charge on any atom is -0.466 e. The molecule has 136 valence electrons. The highest BCUT2D eigenvalue weighted by molar-refractivity contribution is 5.76. The van der Waals surface area contributed by atoms with Crippen LogP contribution in [0, 0.1) is 37.9 Å². The number of benzene rings is 2. The predicted molar refractivity (Wildman–Crippen MR) is 98.9 cm³/mol. The lowest BCUT2D eigenvalue weighted by Crippen LogP contribution is -2.19. The normalized spacial score (nSPS) is 11.7. The number of nitriles is 1. The Kier molecular flexibility index (Phi) is 6.12. The summed E-state index contributed by atoms with van der Waals surface area (Å²) in [6, 6.07) is 8.37. The van der Waals surface area contributed by atoms with Gasteiger partial charge in [-0.2, -0.15) is 5.26 Å². The summed E-state index contributed by atoms with van der Waals surface area (Å²) >= 11 is 0. The molecule has 0 amide bonds. The molecule has 0 bridgehead atoms. The van der Waals surface area contributed by atoms with Gasteiger partial charge in [-0.05, 0) is 68.1 Å². The van der Waals surface area contributed by atoms with Crippen molar-refractivity contribution >= 4 is 5.97 Å². The molecular formula is C21H23FN2O2. The van der Waals surface area contributed by atoms with E-state index in [2.05, 4.69) is 6.07 Å². The number of carbonyl (C=O) groups excluding carboxylic acids is 1. The van der Waals surface area contributed by atoms with Crippen LogP contribution >= 0.6 is 0 Å². The van der Waals surface area contributed by atoms with Crippen molar-refractivity contribution in [2.75, 3.05) is 6.61 Å². The van der Waals surface area contributed by atoms with E-state index >= 15 is 0 Å². The highest BCUT2D eigenvalue weighted by Gasteiger charge is 2.20. The number of hydrogen-bond acceptors (Lipinski definition) is 4. The van der Waals surface area contributed by atoms with Gasteiger partial charge in [-0.1, -0.05) is 6.07 Å². The number of rotatable bonds is 5. The first-order valence-electron chi connectivity index (χ1n) is 8.52. The lowest BCUT2D eigenvalue weighted by atomic mass is 9.89. The Labute approximate surface area is 153 Å². The molecular weight excluding hydrogens is 331 g/mol. The maximum atomic E-state index is 14.6. The van der Waals surface area contributed by atoms with Crippen molar-refractivity contribution in [2.24, 2.45) is 5.73 Å². The second-order valence-corrected chi connectivity index (χ2v) is 6.35. The van der Waals surface area contributed by atoms with Crippen molar-refractivity contribution in [3.63, 3.8) is 0 Å². The SMILES string of the molecule is CCOC(=O)CC(N)c1cc(-c2c(C#N)ccc(C)c2C)cc(C)c1F. The molecule has 0 saturated carbocycles. The van der Waals surface area contributed by atoms with Gasteiger partial charge in [-0.3, -0.25) is 4.79 Å². The van der Waals surface area contributed by atoms with Crippen molar-refractivity contribution in [3.05, 3.63) is 57.9 Å². The fourth-order valence-corrected chi connectivity index (χ4v) is 3.00. The number of hydrogen-bond donors (Lipinski definition) is 1. The molecule has 26 heavy (non-hydrogen) atoms. The van der Waals surface area contributed by atoms with Crippen LogP contribution in [0.2, 0.25) is 0 Å². The molecule has 0 heterocycles. The predicted octanol–water partition coefficient (Wildman–Crippen LogP) is 4.24. The van der Waals surface area contributed by atoms with Gasteiger partial charge in [0, 0.05) is 17.2 Å². The summed E-state index contributed by atoms with van der Waals surface area (Å²) in [5, 5.41) is 9.47. The van der Waals surface area contributed by atoms with E-state index in [4.69, 9.17) is 10.5 Å². The van der Waals surface area contributed by atoms with Gasteiger partial charge in [-0.25, -0.2) is 4.39 Å². The lowest BCUT2D eigenvalue weighted by molar-refractivity contribution is -0.143. The number of carbonyl (C=O) groups is 1.